The van der Waals surface area contributed by atoms with Crippen molar-refractivity contribution in [2.45, 2.75) is 55.8 Å². The predicted octanol–water partition coefficient (Wildman–Crippen LogP) is -0.643. The van der Waals surface area contributed by atoms with Crippen LogP contribution in [0.4, 0.5) is 0 Å². The van der Waals surface area contributed by atoms with Crippen LogP contribution in [0.1, 0.15) is 17.5 Å². The summed E-state index contributed by atoms with van der Waals surface area (Å²) in [6, 6.07) is 14.5. The first-order valence-corrected chi connectivity index (χ1v) is 10.8. The van der Waals surface area contributed by atoms with Gasteiger partial charge >= 0.3 is 11.9 Å². The number of carbonyl (C=O) groups is 2. The topological polar surface area (TPSA) is 183 Å². The lowest BCUT2D eigenvalue weighted by molar-refractivity contribution is -0.277. The fourth-order valence-corrected chi connectivity index (χ4v) is 3.64. The van der Waals surface area contributed by atoms with Crippen LogP contribution in [0.5, 0.6) is 5.75 Å². The maximum atomic E-state index is 12.6. The van der Waals surface area contributed by atoms with E-state index in [1.54, 1.807) is 30.3 Å². The van der Waals surface area contributed by atoms with Crippen molar-refractivity contribution in [1.29, 1.82) is 0 Å². The molecule has 190 valence electrons. The fourth-order valence-electron chi connectivity index (χ4n) is 3.64. The van der Waals surface area contributed by atoms with Crippen molar-refractivity contribution in [1.82, 2.24) is 0 Å². The number of hydrogen-bond acceptors (Lipinski definition) is 10. The first kappa shape index (κ1) is 26.5. The first-order chi connectivity index (χ1) is 16.6. The Balaban J connectivity index is 1.60. The Morgan fingerprint density at radius 2 is 1.57 bits per heavy atom. The second kappa shape index (κ2) is 11.6. The molecule has 6 N–H and O–H groups in total. The highest BCUT2D eigenvalue weighted by Crippen LogP contribution is 2.25. The van der Waals surface area contributed by atoms with Gasteiger partial charge in [0, 0.05) is 6.42 Å². The van der Waals surface area contributed by atoms with Gasteiger partial charge in [-0.2, -0.15) is 0 Å². The zero-order valence-corrected chi connectivity index (χ0v) is 18.6. The van der Waals surface area contributed by atoms with Crippen LogP contribution in [-0.4, -0.2) is 85.5 Å². The molecule has 11 nitrogen and oxygen atoms in total. The summed E-state index contributed by atoms with van der Waals surface area (Å²) in [5, 5.41) is 58.9. The number of aliphatic hydroxyl groups excluding tert-OH is 4. The second-order valence-electron chi connectivity index (χ2n) is 8.30. The third kappa shape index (κ3) is 6.75. The Hall–Kier alpha value is -3.06. The minimum atomic E-state index is -2.25. The van der Waals surface area contributed by atoms with Gasteiger partial charge in [-0.3, -0.25) is 4.79 Å². The smallest absolute Gasteiger partial charge is 0.339 e. The standard InChI is InChI=1S/C24H28O11/c25-12-17-19(28)20(29)21(30)22(35-17)34-16-8-6-15(7-9-16)13-33-23(31)24(32,11-18(26)27)10-14-4-2-1-3-5-14/h1-9,17,19-22,25,28-30,32H,10-13H2,(H,26,27)/t17-,19-,20+,21-,22-,24-/m1/s1. The van der Waals surface area contributed by atoms with E-state index in [0.717, 1.165) is 0 Å². The van der Waals surface area contributed by atoms with Crippen molar-refractivity contribution in [2.24, 2.45) is 0 Å². The highest BCUT2D eigenvalue weighted by atomic mass is 16.7. The molecule has 0 unspecified atom stereocenters. The normalized spacial score (nSPS) is 25.9. The highest BCUT2D eigenvalue weighted by Gasteiger charge is 2.44. The van der Waals surface area contributed by atoms with Crippen LogP contribution in [0.15, 0.2) is 54.6 Å². The molecule has 0 saturated carbocycles. The van der Waals surface area contributed by atoms with Gasteiger partial charge < -0.3 is 44.8 Å². The number of benzene rings is 2. The largest absolute Gasteiger partial charge is 0.481 e. The number of carbonyl (C=O) groups excluding carboxylic acids is 1. The van der Waals surface area contributed by atoms with Crippen molar-refractivity contribution in [3.05, 3.63) is 65.7 Å². The van der Waals surface area contributed by atoms with E-state index in [1.807, 2.05) is 0 Å². The molecule has 1 heterocycles. The van der Waals surface area contributed by atoms with Gasteiger partial charge in [0.1, 0.15) is 36.8 Å². The number of esters is 1. The van der Waals surface area contributed by atoms with Crippen LogP contribution >= 0.6 is 0 Å². The summed E-state index contributed by atoms with van der Waals surface area (Å²) in [7, 11) is 0. The van der Waals surface area contributed by atoms with E-state index in [4.69, 9.17) is 19.3 Å². The zero-order valence-electron chi connectivity index (χ0n) is 18.6. The van der Waals surface area contributed by atoms with Crippen LogP contribution in [0.2, 0.25) is 0 Å². The average Bonchev–Trinajstić information content (AvgIpc) is 2.83. The van der Waals surface area contributed by atoms with Gasteiger partial charge in [0.25, 0.3) is 0 Å². The monoisotopic (exact) mass is 492 g/mol. The van der Waals surface area contributed by atoms with E-state index in [-0.39, 0.29) is 18.8 Å². The molecule has 1 aliphatic rings. The lowest BCUT2D eigenvalue weighted by atomic mass is 9.91. The molecule has 35 heavy (non-hydrogen) atoms. The van der Waals surface area contributed by atoms with E-state index in [9.17, 15) is 35.1 Å². The SMILES string of the molecule is O=C(O)C[C@](O)(Cc1ccccc1)C(=O)OCc1ccc(O[C@@H]2O[C@H](CO)[C@@H](O)[C@H](O)[C@H]2O)cc1. The quantitative estimate of drug-likeness (QED) is 0.232. The number of carboxylic acids is 1. The predicted molar refractivity (Wildman–Crippen MR) is 118 cm³/mol. The summed E-state index contributed by atoms with van der Waals surface area (Å²) in [4.78, 5) is 23.8. The van der Waals surface area contributed by atoms with Gasteiger partial charge in [-0.15, -0.1) is 0 Å². The molecular weight excluding hydrogens is 464 g/mol. The number of ether oxygens (including phenoxy) is 3. The fraction of sp³-hybridized carbons (Fsp3) is 0.417. The van der Waals surface area contributed by atoms with Gasteiger partial charge in [0.2, 0.25) is 6.29 Å². The molecular formula is C24H28O11. The molecule has 2 aromatic carbocycles. The molecule has 1 saturated heterocycles. The molecule has 3 rings (SSSR count). The maximum Gasteiger partial charge on any atom is 0.339 e. The lowest BCUT2D eigenvalue weighted by Crippen LogP contribution is -2.60. The van der Waals surface area contributed by atoms with Gasteiger partial charge in [-0.05, 0) is 23.3 Å². The van der Waals surface area contributed by atoms with Gasteiger partial charge in [-0.1, -0.05) is 42.5 Å². The number of hydrogen-bond donors (Lipinski definition) is 6. The Kier molecular flexibility index (Phi) is 8.78. The van der Waals surface area contributed by atoms with Crippen LogP contribution in [-0.2, 0) is 32.1 Å². The van der Waals surface area contributed by atoms with Crippen molar-refractivity contribution in [3.8, 4) is 5.75 Å². The maximum absolute atomic E-state index is 12.6. The molecule has 6 atom stereocenters. The summed E-state index contributed by atoms with van der Waals surface area (Å²) in [5.74, 6) is -2.21. The van der Waals surface area contributed by atoms with Crippen molar-refractivity contribution in [3.63, 3.8) is 0 Å². The molecule has 0 bridgehead atoms. The second-order valence-corrected chi connectivity index (χ2v) is 8.30. The van der Waals surface area contributed by atoms with Crippen molar-refractivity contribution < 1.29 is 54.4 Å². The van der Waals surface area contributed by atoms with Crippen LogP contribution < -0.4 is 4.74 Å². The molecule has 0 aromatic heterocycles. The van der Waals surface area contributed by atoms with Gasteiger partial charge in [0.05, 0.1) is 13.0 Å². The molecule has 1 aliphatic heterocycles. The number of aliphatic carboxylic acids is 1. The molecule has 0 radical (unpaired) electrons. The Bertz CT molecular complexity index is 979. The molecule has 0 spiro atoms. The van der Waals surface area contributed by atoms with Crippen LogP contribution in [0.3, 0.4) is 0 Å². The summed E-state index contributed by atoms with van der Waals surface area (Å²) < 4.78 is 16.0. The molecule has 1 fully saturated rings. The summed E-state index contributed by atoms with van der Waals surface area (Å²) in [5.41, 5.74) is -1.18. The summed E-state index contributed by atoms with van der Waals surface area (Å²) in [6.45, 7) is -0.844. The van der Waals surface area contributed by atoms with Crippen LogP contribution in [0.25, 0.3) is 0 Å². The third-order valence-corrected chi connectivity index (χ3v) is 5.56. The van der Waals surface area contributed by atoms with Crippen molar-refractivity contribution >= 4 is 11.9 Å². The van der Waals surface area contributed by atoms with E-state index in [2.05, 4.69) is 0 Å². The third-order valence-electron chi connectivity index (χ3n) is 5.56. The minimum absolute atomic E-state index is 0.218. The molecule has 2 aromatic rings. The minimum Gasteiger partial charge on any atom is -0.481 e. The van der Waals surface area contributed by atoms with E-state index in [0.29, 0.717) is 11.1 Å². The summed E-state index contributed by atoms with van der Waals surface area (Å²) >= 11 is 0. The Morgan fingerprint density at radius 1 is 0.914 bits per heavy atom. The Morgan fingerprint density at radius 3 is 2.17 bits per heavy atom. The van der Waals surface area contributed by atoms with Crippen LogP contribution in [0, 0.1) is 0 Å². The lowest BCUT2D eigenvalue weighted by Gasteiger charge is -2.39. The van der Waals surface area contributed by atoms with Gasteiger partial charge in [-0.25, -0.2) is 4.79 Å². The molecule has 11 heteroatoms. The Labute approximate surface area is 200 Å². The number of aliphatic hydroxyl groups is 5. The highest BCUT2D eigenvalue weighted by molar-refractivity contribution is 5.85. The molecule has 0 aliphatic carbocycles. The number of carboxylic acid groups (broad SMARTS) is 1. The average molecular weight is 492 g/mol. The zero-order chi connectivity index (χ0) is 25.6. The van der Waals surface area contributed by atoms with E-state index < -0.39 is 61.3 Å². The first-order valence-electron chi connectivity index (χ1n) is 10.8. The number of rotatable bonds is 10. The molecule has 0 amide bonds. The van der Waals surface area contributed by atoms with Gasteiger partial charge in [0.15, 0.2) is 5.60 Å². The van der Waals surface area contributed by atoms with Crippen molar-refractivity contribution in [2.75, 3.05) is 6.61 Å². The van der Waals surface area contributed by atoms with E-state index in [1.165, 1.54) is 24.3 Å². The van der Waals surface area contributed by atoms with E-state index >= 15 is 0 Å². The summed E-state index contributed by atoms with van der Waals surface area (Å²) in [6.07, 6.45) is -8.17.